The predicted octanol–water partition coefficient (Wildman–Crippen LogP) is 2.39. The standard InChI is InChI=1S/C20H25FN4O4S/c1-3-25(4-2)11-16-9-10-17(29-16)20(28)24-23-19(27)13-30-12-18(26)22-15-7-5-14(21)6-8-15/h5-10H,3-4,11-13H2,1-2H3,(H,22,26)(H,23,27)(H,24,28). The molecular formula is C20H25FN4O4S. The summed E-state index contributed by atoms with van der Waals surface area (Å²) in [5, 5.41) is 2.59. The molecule has 0 bridgehead atoms. The largest absolute Gasteiger partial charge is 0.454 e. The van der Waals surface area contributed by atoms with E-state index >= 15 is 0 Å². The number of anilines is 1. The Bertz CT molecular complexity index is 853. The summed E-state index contributed by atoms with van der Waals surface area (Å²) in [4.78, 5) is 37.8. The lowest BCUT2D eigenvalue weighted by Crippen LogP contribution is -2.42. The first-order valence-electron chi connectivity index (χ1n) is 9.44. The lowest BCUT2D eigenvalue weighted by Gasteiger charge is -2.15. The maximum Gasteiger partial charge on any atom is 0.305 e. The molecule has 2 rings (SSSR count). The van der Waals surface area contributed by atoms with E-state index in [1.165, 1.54) is 24.3 Å². The van der Waals surface area contributed by atoms with Crippen LogP contribution < -0.4 is 16.2 Å². The zero-order chi connectivity index (χ0) is 21.9. The van der Waals surface area contributed by atoms with Crippen molar-refractivity contribution < 1.29 is 23.2 Å². The Kier molecular flexibility index (Phi) is 9.36. The van der Waals surface area contributed by atoms with Crippen LogP contribution in [0.4, 0.5) is 10.1 Å². The van der Waals surface area contributed by atoms with E-state index in [0.717, 1.165) is 24.9 Å². The third kappa shape index (κ3) is 7.88. The zero-order valence-electron chi connectivity index (χ0n) is 16.9. The Hall–Kier alpha value is -2.85. The van der Waals surface area contributed by atoms with Gasteiger partial charge in [-0.05, 0) is 49.5 Å². The van der Waals surface area contributed by atoms with Gasteiger partial charge in [-0.2, -0.15) is 0 Å². The summed E-state index contributed by atoms with van der Waals surface area (Å²) in [6, 6.07) is 8.65. The van der Waals surface area contributed by atoms with E-state index in [-0.39, 0.29) is 23.2 Å². The van der Waals surface area contributed by atoms with E-state index in [2.05, 4.69) is 21.1 Å². The average Bonchev–Trinajstić information content (AvgIpc) is 3.20. The van der Waals surface area contributed by atoms with Crippen molar-refractivity contribution in [3.63, 3.8) is 0 Å². The van der Waals surface area contributed by atoms with Gasteiger partial charge in [-0.25, -0.2) is 4.39 Å². The molecule has 3 amide bonds. The lowest BCUT2D eigenvalue weighted by molar-refractivity contribution is -0.119. The second kappa shape index (κ2) is 12.0. The molecule has 0 fully saturated rings. The molecule has 1 aromatic heterocycles. The lowest BCUT2D eigenvalue weighted by atomic mass is 10.3. The Morgan fingerprint density at radius 1 is 0.967 bits per heavy atom. The number of furan rings is 1. The van der Waals surface area contributed by atoms with Crippen molar-refractivity contribution >= 4 is 35.2 Å². The number of hydrazine groups is 1. The minimum absolute atomic E-state index is 0.0253. The van der Waals surface area contributed by atoms with Gasteiger partial charge in [0.2, 0.25) is 11.8 Å². The molecule has 30 heavy (non-hydrogen) atoms. The summed E-state index contributed by atoms with van der Waals surface area (Å²) in [6.07, 6.45) is 0. The molecule has 3 N–H and O–H groups in total. The number of carbonyl (C=O) groups is 3. The van der Waals surface area contributed by atoms with E-state index in [1.54, 1.807) is 12.1 Å². The van der Waals surface area contributed by atoms with Crippen molar-refractivity contribution in [2.45, 2.75) is 20.4 Å². The van der Waals surface area contributed by atoms with E-state index in [9.17, 15) is 18.8 Å². The number of carbonyl (C=O) groups excluding carboxylic acids is 3. The van der Waals surface area contributed by atoms with Crippen LogP contribution in [0.25, 0.3) is 0 Å². The Labute approximate surface area is 178 Å². The first-order valence-corrected chi connectivity index (χ1v) is 10.6. The van der Waals surface area contributed by atoms with Gasteiger partial charge in [0.25, 0.3) is 0 Å². The molecule has 2 aromatic rings. The molecule has 0 aliphatic rings. The predicted molar refractivity (Wildman–Crippen MR) is 113 cm³/mol. The minimum Gasteiger partial charge on any atom is -0.454 e. The van der Waals surface area contributed by atoms with Crippen LogP contribution in [0.2, 0.25) is 0 Å². The average molecular weight is 437 g/mol. The normalized spacial score (nSPS) is 10.7. The fraction of sp³-hybridized carbons (Fsp3) is 0.350. The van der Waals surface area contributed by atoms with E-state index in [1.807, 2.05) is 13.8 Å². The van der Waals surface area contributed by atoms with Crippen molar-refractivity contribution in [1.82, 2.24) is 15.8 Å². The van der Waals surface area contributed by atoms with E-state index in [0.29, 0.717) is 18.0 Å². The maximum atomic E-state index is 12.8. The van der Waals surface area contributed by atoms with Gasteiger partial charge < -0.3 is 9.73 Å². The molecule has 1 heterocycles. The summed E-state index contributed by atoms with van der Waals surface area (Å²) in [6.45, 7) is 6.42. The summed E-state index contributed by atoms with van der Waals surface area (Å²) >= 11 is 1.08. The van der Waals surface area contributed by atoms with Crippen molar-refractivity contribution in [1.29, 1.82) is 0 Å². The number of thioether (sulfide) groups is 1. The number of hydrogen-bond acceptors (Lipinski definition) is 6. The van der Waals surface area contributed by atoms with Crippen LogP contribution in [0.5, 0.6) is 0 Å². The van der Waals surface area contributed by atoms with Crippen LogP contribution in [0.1, 0.15) is 30.2 Å². The topological polar surface area (TPSA) is 104 Å². The monoisotopic (exact) mass is 436 g/mol. The number of benzene rings is 1. The SMILES string of the molecule is CCN(CC)Cc1ccc(C(=O)NNC(=O)CSCC(=O)Nc2ccc(F)cc2)o1. The summed E-state index contributed by atoms with van der Waals surface area (Å²) in [5.41, 5.74) is 5.03. The molecule has 0 radical (unpaired) electrons. The summed E-state index contributed by atoms with van der Waals surface area (Å²) in [7, 11) is 0. The van der Waals surface area contributed by atoms with Gasteiger partial charge in [-0.15, -0.1) is 11.8 Å². The highest BCUT2D eigenvalue weighted by Gasteiger charge is 2.14. The smallest absolute Gasteiger partial charge is 0.305 e. The van der Waals surface area contributed by atoms with Crippen LogP contribution in [-0.2, 0) is 16.1 Å². The molecule has 8 nitrogen and oxygen atoms in total. The fourth-order valence-corrected chi connectivity index (χ4v) is 3.06. The second-order valence-electron chi connectivity index (χ2n) is 6.28. The molecular weight excluding hydrogens is 411 g/mol. The molecule has 0 spiro atoms. The maximum absolute atomic E-state index is 12.8. The van der Waals surface area contributed by atoms with E-state index in [4.69, 9.17) is 4.42 Å². The summed E-state index contributed by atoms with van der Waals surface area (Å²) < 4.78 is 18.3. The van der Waals surface area contributed by atoms with Gasteiger partial charge in [-0.3, -0.25) is 30.1 Å². The number of rotatable bonds is 10. The summed E-state index contributed by atoms with van der Waals surface area (Å²) in [5.74, 6) is -0.961. The Morgan fingerprint density at radius 2 is 1.63 bits per heavy atom. The minimum atomic E-state index is -0.562. The van der Waals surface area contributed by atoms with Gasteiger partial charge >= 0.3 is 5.91 Å². The number of hydrogen-bond donors (Lipinski definition) is 3. The quantitative estimate of drug-likeness (QED) is 0.494. The molecule has 0 aliphatic heterocycles. The third-order valence-electron chi connectivity index (χ3n) is 4.07. The third-order valence-corrected chi connectivity index (χ3v) is 5.00. The highest BCUT2D eigenvalue weighted by Crippen LogP contribution is 2.11. The molecule has 0 unspecified atom stereocenters. The molecule has 0 aliphatic carbocycles. The van der Waals surface area contributed by atoms with Gasteiger partial charge in [0, 0.05) is 5.69 Å². The van der Waals surface area contributed by atoms with Gasteiger partial charge in [0.1, 0.15) is 11.6 Å². The number of halogens is 1. The first-order chi connectivity index (χ1) is 14.4. The first kappa shape index (κ1) is 23.4. The zero-order valence-corrected chi connectivity index (χ0v) is 17.7. The number of nitrogens with zero attached hydrogens (tertiary/aromatic N) is 1. The number of amides is 3. The fourth-order valence-electron chi connectivity index (χ4n) is 2.44. The van der Waals surface area contributed by atoms with Crippen LogP contribution in [0, 0.1) is 5.82 Å². The molecule has 0 saturated heterocycles. The number of nitrogens with one attached hydrogen (secondary N) is 3. The molecule has 162 valence electrons. The molecule has 0 saturated carbocycles. The van der Waals surface area contributed by atoms with Gasteiger partial charge in [0.05, 0.1) is 18.1 Å². The van der Waals surface area contributed by atoms with Crippen molar-refractivity contribution in [2.75, 3.05) is 29.9 Å². The van der Waals surface area contributed by atoms with E-state index < -0.39 is 17.6 Å². The molecule has 0 atom stereocenters. The Morgan fingerprint density at radius 3 is 2.30 bits per heavy atom. The Balaban J connectivity index is 1.66. The van der Waals surface area contributed by atoms with Crippen LogP contribution >= 0.6 is 11.8 Å². The van der Waals surface area contributed by atoms with Crippen molar-refractivity contribution in [2.24, 2.45) is 0 Å². The van der Waals surface area contributed by atoms with Crippen molar-refractivity contribution in [3.8, 4) is 0 Å². The highest BCUT2D eigenvalue weighted by molar-refractivity contribution is 8.00. The second-order valence-corrected chi connectivity index (χ2v) is 7.26. The van der Waals surface area contributed by atoms with Crippen molar-refractivity contribution in [3.05, 3.63) is 53.7 Å². The van der Waals surface area contributed by atoms with Crippen LogP contribution in [-0.4, -0.2) is 47.2 Å². The van der Waals surface area contributed by atoms with Crippen LogP contribution in [0.15, 0.2) is 40.8 Å². The van der Waals surface area contributed by atoms with Gasteiger partial charge in [-0.1, -0.05) is 13.8 Å². The van der Waals surface area contributed by atoms with Crippen LogP contribution in [0.3, 0.4) is 0 Å². The molecule has 1 aromatic carbocycles. The van der Waals surface area contributed by atoms with Gasteiger partial charge in [0.15, 0.2) is 5.76 Å². The highest BCUT2D eigenvalue weighted by atomic mass is 32.2. The molecule has 10 heteroatoms.